The molecule has 0 radical (unpaired) electrons. The van der Waals surface area contributed by atoms with E-state index in [1.54, 1.807) is 0 Å². The first-order valence-electron chi connectivity index (χ1n) is 4.19. The maximum Gasteiger partial charge on any atom is 0.218 e. The molecule has 14 heavy (non-hydrogen) atoms. The number of thiophene rings is 1. The fourth-order valence-corrected chi connectivity index (χ4v) is 1.73. The molecule has 3 N–H and O–H groups in total. The van der Waals surface area contributed by atoms with Crippen molar-refractivity contribution in [3.8, 4) is 6.07 Å². The average Bonchev–Trinajstić information content (AvgIpc) is 2.60. The molecule has 0 aliphatic carbocycles. The van der Waals surface area contributed by atoms with Crippen LogP contribution in [0.4, 0.5) is 0 Å². The van der Waals surface area contributed by atoms with Gasteiger partial charge in [-0.3, -0.25) is 4.79 Å². The van der Waals surface area contributed by atoms with Gasteiger partial charge >= 0.3 is 0 Å². The Labute approximate surface area is 86.3 Å². The quantitative estimate of drug-likeness (QED) is 0.696. The van der Waals surface area contributed by atoms with E-state index in [9.17, 15) is 4.79 Å². The number of nitrogens with zero attached hydrogens (tertiary/aromatic N) is 1. The van der Waals surface area contributed by atoms with Gasteiger partial charge in [0.15, 0.2) is 0 Å². The molecule has 0 aromatic carbocycles. The van der Waals surface area contributed by atoms with Crippen LogP contribution in [0.1, 0.15) is 16.9 Å². The van der Waals surface area contributed by atoms with Gasteiger partial charge in [-0.15, -0.1) is 11.3 Å². The first kappa shape index (κ1) is 10.7. The Balaban J connectivity index is 2.25. The van der Waals surface area contributed by atoms with Crippen molar-refractivity contribution in [2.24, 2.45) is 5.73 Å². The van der Waals surface area contributed by atoms with Gasteiger partial charge in [0.05, 0.1) is 5.56 Å². The van der Waals surface area contributed by atoms with Gasteiger partial charge in [0.1, 0.15) is 6.07 Å². The van der Waals surface area contributed by atoms with E-state index in [0.717, 1.165) is 4.88 Å². The minimum Gasteiger partial charge on any atom is -0.370 e. The van der Waals surface area contributed by atoms with Crippen molar-refractivity contribution in [1.29, 1.82) is 5.26 Å². The molecule has 0 unspecified atom stereocenters. The minimum atomic E-state index is -0.304. The van der Waals surface area contributed by atoms with Crippen LogP contribution in [-0.4, -0.2) is 12.5 Å². The lowest BCUT2D eigenvalue weighted by Crippen LogP contribution is -2.21. The molecule has 0 spiro atoms. The molecule has 0 fully saturated rings. The molecule has 74 valence electrons. The number of primary amides is 1. The molecule has 5 heteroatoms. The Morgan fingerprint density at radius 2 is 2.50 bits per heavy atom. The van der Waals surface area contributed by atoms with Gasteiger partial charge < -0.3 is 11.1 Å². The molecule has 1 heterocycles. The second-order valence-corrected chi connectivity index (χ2v) is 3.80. The molecular formula is C9H11N3OS. The lowest BCUT2D eigenvalue weighted by Gasteiger charge is -1.99. The first-order chi connectivity index (χ1) is 6.72. The highest BCUT2D eigenvalue weighted by Gasteiger charge is 1.98. The highest BCUT2D eigenvalue weighted by Crippen LogP contribution is 2.12. The zero-order valence-corrected chi connectivity index (χ0v) is 8.43. The second kappa shape index (κ2) is 5.37. The minimum absolute atomic E-state index is 0.304. The predicted octanol–water partition coefficient (Wildman–Crippen LogP) is 0.585. The lowest BCUT2D eigenvalue weighted by molar-refractivity contribution is -0.117. The van der Waals surface area contributed by atoms with Crippen molar-refractivity contribution < 1.29 is 4.79 Å². The van der Waals surface area contributed by atoms with E-state index >= 15 is 0 Å². The molecule has 1 amide bonds. The standard InChI is InChI=1S/C9H11N3OS/c10-4-7-3-8(14-6-7)5-12-2-1-9(11)13/h3,6,12H,1-2,5H2,(H2,11,13). The zero-order valence-electron chi connectivity index (χ0n) is 7.62. The summed E-state index contributed by atoms with van der Waals surface area (Å²) in [5, 5.41) is 13.5. The van der Waals surface area contributed by atoms with Crippen molar-refractivity contribution in [2.75, 3.05) is 6.54 Å². The van der Waals surface area contributed by atoms with E-state index in [4.69, 9.17) is 11.0 Å². The van der Waals surface area contributed by atoms with Gasteiger partial charge in [0, 0.05) is 29.8 Å². The van der Waals surface area contributed by atoms with Gasteiger partial charge in [-0.2, -0.15) is 5.26 Å². The normalized spacial score (nSPS) is 9.64. The van der Waals surface area contributed by atoms with Crippen LogP contribution in [0, 0.1) is 11.3 Å². The van der Waals surface area contributed by atoms with Crippen molar-refractivity contribution in [1.82, 2.24) is 5.32 Å². The predicted molar refractivity (Wildman–Crippen MR) is 54.6 cm³/mol. The molecule has 4 nitrogen and oxygen atoms in total. The summed E-state index contributed by atoms with van der Waals surface area (Å²) >= 11 is 1.53. The van der Waals surface area contributed by atoms with Crippen LogP contribution in [0.15, 0.2) is 11.4 Å². The number of amides is 1. The van der Waals surface area contributed by atoms with Gasteiger partial charge in [-0.1, -0.05) is 0 Å². The molecule has 1 aromatic heterocycles. The Morgan fingerprint density at radius 1 is 1.71 bits per heavy atom. The summed E-state index contributed by atoms with van der Waals surface area (Å²) in [5.74, 6) is -0.304. The number of carbonyl (C=O) groups excluding carboxylic acids is 1. The third-order valence-corrected chi connectivity index (χ3v) is 2.57. The topological polar surface area (TPSA) is 78.9 Å². The molecule has 0 saturated heterocycles. The number of nitrogens with two attached hydrogens (primary N) is 1. The molecule has 0 saturated carbocycles. The SMILES string of the molecule is N#Cc1csc(CNCCC(N)=O)c1. The third-order valence-electron chi connectivity index (χ3n) is 1.63. The summed E-state index contributed by atoms with van der Waals surface area (Å²) in [5.41, 5.74) is 5.66. The van der Waals surface area contributed by atoms with Gasteiger partial charge in [-0.05, 0) is 6.07 Å². The van der Waals surface area contributed by atoms with E-state index in [0.29, 0.717) is 25.1 Å². The van der Waals surface area contributed by atoms with Crippen LogP contribution in [-0.2, 0) is 11.3 Å². The molecule has 0 atom stereocenters. The lowest BCUT2D eigenvalue weighted by atomic mass is 10.3. The van der Waals surface area contributed by atoms with E-state index in [1.165, 1.54) is 11.3 Å². The Morgan fingerprint density at radius 3 is 3.07 bits per heavy atom. The smallest absolute Gasteiger partial charge is 0.218 e. The molecule has 1 rings (SSSR count). The average molecular weight is 209 g/mol. The summed E-state index contributed by atoms with van der Waals surface area (Å²) in [6, 6.07) is 3.90. The van der Waals surface area contributed by atoms with Crippen molar-refractivity contribution >= 4 is 17.2 Å². The van der Waals surface area contributed by atoms with Crippen LogP contribution in [0.3, 0.4) is 0 Å². The molecule has 0 aliphatic rings. The molecule has 0 aliphatic heterocycles. The summed E-state index contributed by atoms with van der Waals surface area (Å²) in [4.78, 5) is 11.5. The van der Waals surface area contributed by atoms with Gasteiger partial charge in [0.25, 0.3) is 0 Å². The van der Waals surface area contributed by atoms with E-state index in [-0.39, 0.29) is 5.91 Å². The number of nitriles is 1. The zero-order chi connectivity index (χ0) is 10.4. The van der Waals surface area contributed by atoms with Gasteiger partial charge in [0.2, 0.25) is 5.91 Å². The Kier molecular flexibility index (Phi) is 4.11. The number of hydrogen-bond donors (Lipinski definition) is 2. The van der Waals surface area contributed by atoms with Gasteiger partial charge in [-0.25, -0.2) is 0 Å². The fourth-order valence-electron chi connectivity index (χ4n) is 0.955. The molecule has 1 aromatic rings. The number of rotatable bonds is 5. The summed E-state index contributed by atoms with van der Waals surface area (Å²) in [6.07, 6.45) is 0.344. The first-order valence-corrected chi connectivity index (χ1v) is 5.07. The number of carbonyl (C=O) groups is 1. The maximum absolute atomic E-state index is 10.4. The van der Waals surface area contributed by atoms with E-state index in [1.807, 2.05) is 11.4 Å². The molecular weight excluding hydrogens is 198 g/mol. The molecule has 0 bridgehead atoms. The monoisotopic (exact) mass is 209 g/mol. The van der Waals surface area contributed by atoms with Crippen molar-refractivity contribution in [3.05, 3.63) is 21.9 Å². The van der Waals surface area contributed by atoms with Crippen molar-refractivity contribution in [3.63, 3.8) is 0 Å². The van der Waals surface area contributed by atoms with Crippen LogP contribution in [0.2, 0.25) is 0 Å². The van der Waals surface area contributed by atoms with E-state index in [2.05, 4.69) is 11.4 Å². The van der Waals surface area contributed by atoms with Crippen LogP contribution >= 0.6 is 11.3 Å². The van der Waals surface area contributed by atoms with Crippen molar-refractivity contribution in [2.45, 2.75) is 13.0 Å². The Bertz CT molecular complexity index is 353. The van der Waals surface area contributed by atoms with E-state index < -0.39 is 0 Å². The largest absolute Gasteiger partial charge is 0.370 e. The summed E-state index contributed by atoms with van der Waals surface area (Å²) in [6.45, 7) is 1.26. The fraction of sp³-hybridized carbons (Fsp3) is 0.333. The number of nitrogens with one attached hydrogen (secondary N) is 1. The summed E-state index contributed by atoms with van der Waals surface area (Å²) < 4.78 is 0. The third kappa shape index (κ3) is 3.56. The second-order valence-electron chi connectivity index (χ2n) is 2.81. The highest BCUT2D eigenvalue weighted by atomic mass is 32.1. The van der Waals surface area contributed by atoms with Crippen LogP contribution < -0.4 is 11.1 Å². The number of hydrogen-bond acceptors (Lipinski definition) is 4. The maximum atomic E-state index is 10.4. The summed E-state index contributed by atoms with van der Waals surface area (Å²) in [7, 11) is 0. The van der Waals surface area contributed by atoms with Crippen LogP contribution in [0.5, 0.6) is 0 Å². The van der Waals surface area contributed by atoms with Crippen LogP contribution in [0.25, 0.3) is 0 Å². The highest BCUT2D eigenvalue weighted by molar-refractivity contribution is 7.10. The Hall–Kier alpha value is -1.38.